The summed E-state index contributed by atoms with van der Waals surface area (Å²) in [4.78, 5) is 33.0. The number of nitrogens with one attached hydrogen (secondary N) is 2. The predicted octanol–water partition coefficient (Wildman–Crippen LogP) is 7.77. The van der Waals surface area contributed by atoms with Gasteiger partial charge in [0.05, 0.1) is 43.8 Å². The van der Waals surface area contributed by atoms with Crippen LogP contribution in [0.25, 0.3) is 27.5 Å². The van der Waals surface area contributed by atoms with Crippen molar-refractivity contribution in [3.63, 3.8) is 0 Å². The third kappa shape index (κ3) is 8.39. The number of amides is 1. The smallest absolute Gasteiger partial charge is 0.282 e. The summed E-state index contributed by atoms with van der Waals surface area (Å²) >= 11 is 9.86. The number of nitrogens with zero attached hydrogens (tertiary/aromatic N) is 6. The van der Waals surface area contributed by atoms with Gasteiger partial charge in [0.1, 0.15) is 41.9 Å². The van der Waals surface area contributed by atoms with Crippen LogP contribution in [0.3, 0.4) is 0 Å². The van der Waals surface area contributed by atoms with E-state index < -0.39 is 106 Å². The summed E-state index contributed by atoms with van der Waals surface area (Å²) < 4.78 is 143. The van der Waals surface area contributed by atoms with E-state index in [1.807, 2.05) is 0 Å². The van der Waals surface area contributed by atoms with E-state index in [2.05, 4.69) is 41.2 Å². The van der Waals surface area contributed by atoms with E-state index >= 15 is 0 Å². The zero-order chi connectivity index (χ0) is 41.8. The number of benzene rings is 3. The van der Waals surface area contributed by atoms with Gasteiger partial charge in [0.25, 0.3) is 24.8 Å². The molecule has 12 nitrogen and oxygen atoms in total. The summed E-state index contributed by atoms with van der Waals surface area (Å²) in [6.45, 7) is -2.21. The van der Waals surface area contributed by atoms with Crippen LogP contribution in [0.2, 0.25) is 5.02 Å². The fourth-order valence-electron chi connectivity index (χ4n) is 6.42. The molecule has 0 aliphatic heterocycles. The lowest BCUT2D eigenvalue weighted by atomic mass is 10.0. The molecule has 306 valence electrons. The van der Waals surface area contributed by atoms with Crippen LogP contribution in [0.1, 0.15) is 54.5 Å². The number of carbonyl (C=O) groups excluding carboxylic acids is 1. The highest BCUT2D eigenvalue weighted by molar-refractivity contribution is 9.10. The van der Waals surface area contributed by atoms with Crippen molar-refractivity contribution in [2.45, 2.75) is 62.9 Å². The number of sulfonamides is 1. The Morgan fingerprint density at radius 2 is 1.64 bits per heavy atom. The lowest BCUT2D eigenvalue weighted by Crippen LogP contribution is -2.37. The average Bonchev–Trinajstić information content (AvgIpc) is 3.82. The number of halogens is 10. The molecule has 7 rings (SSSR count). The molecular weight excluding hydrogens is 896 g/mol. The predicted molar refractivity (Wildman–Crippen MR) is 198 cm³/mol. The quantitative estimate of drug-likeness (QED) is 0.106. The second-order valence-corrected chi connectivity index (χ2v) is 16.5. The maximum absolute atomic E-state index is 14.7. The topological polar surface area (TPSA) is 146 Å². The number of anilines is 1. The van der Waals surface area contributed by atoms with Gasteiger partial charge in [0.15, 0.2) is 5.82 Å². The standard InChI is InChI=1S/C35H26BrClF8N8O4S/c36-16-1-4-20-22(10-16)47-34(24(9-15-7-17(38)11-18(39)8-15)46-28(54)14-51-26(32(44)45)12-23(48-51)31(42)43)53(35(20)55)25-6-5-21(37)29-30(25)52(13-27(40)41)49-33(29)50-58(56,57)19-2-3-19/h1,4-8,10-12,19,24,27,31-32H,2-3,9,13-14H2,(H,46,54)(H,49,50)/t24-/m0/s1. The molecule has 2 N–H and O–H groups in total. The van der Waals surface area contributed by atoms with Crippen LogP contribution >= 0.6 is 27.5 Å². The largest absolute Gasteiger partial charge is 0.344 e. The monoisotopic (exact) mass is 920 g/mol. The van der Waals surface area contributed by atoms with E-state index in [0.717, 1.165) is 21.4 Å². The van der Waals surface area contributed by atoms with E-state index in [0.29, 0.717) is 34.1 Å². The zero-order valence-corrected chi connectivity index (χ0v) is 32.3. The Balaban J connectivity index is 1.47. The molecule has 1 aliphatic rings. The number of carbonyl (C=O) groups is 1. The zero-order valence-electron chi connectivity index (χ0n) is 29.1. The van der Waals surface area contributed by atoms with Gasteiger partial charge in [-0.25, -0.2) is 48.5 Å². The highest BCUT2D eigenvalue weighted by Crippen LogP contribution is 2.38. The van der Waals surface area contributed by atoms with E-state index in [-0.39, 0.29) is 38.1 Å². The highest BCUT2D eigenvalue weighted by atomic mass is 79.9. The summed E-state index contributed by atoms with van der Waals surface area (Å²) in [6.07, 6.45) is -9.58. The van der Waals surface area contributed by atoms with Gasteiger partial charge in [-0.1, -0.05) is 27.5 Å². The fourth-order valence-corrected chi connectivity index (χ4v) is 8.35. The minimum absolute atomic E-state index is 0.00638. The molecule has 23 heteroatoms. The first kappa shape index (κ1) is 41.1. The maximum atomic E-state index is 14.7. The van der Waals surface area contributed by atoms with Gasteiger partial charge in [-0.2, -0.15) is 10.2 Å². The first-order valence-corrected chi connectivity index (χ1v) is 19.7. The van der Waals surface area contributed by atoms with Crippen molar-refractivity contribution in [1.29, 1.82) is 0 Å². The highest BCUT2D eigenvalue weighted by Gasteiger charge is 2.37. The van der Waals surface area contributed by atoms with Gasteiger partial charge in [0, 0.05) is 17.0 Å². The Labute approximate surface area is 335 Å². The van der Waals surface area contributed by atoms with Gasteiger partial charge in [-0.3, -0.25) is 28.2 Å². The number of fused-ring (bicyclic) bond motifs is 2. The minimum Gasteiger partial charge on any atom is -0.344 e. The van der Waals surface area contributed by atoms with Crippen molar-refractivity contribution in [3.8, 4) is 5.69 Å². The summed E-state index contributed by atoms with van der Waals surface area (Å²) in [6, 6.07) is 7.87. The van der Waals surface area contributed by atoms with Crippen LogP contribution in [0.5, 0.6) is 0 Å². The molecule has 3 aromatic carbocycles. The average molecular weight is 922 g/mol. The molecule has 0 bridgehead atoms. The van der Waals surface area contributed by atoms with Crippen LogP contribution in [-0.2, 0) is 34.3 Å². The number of aromatic nitrogens is 6. The molecule has 1 atom stereocenters. The second-order valence-electron chi connectivity index (χ2n) is 13.2. The molecule has 1 fully saturated rings. The molecule has 1 aliphatic carbocycles. The maximum Gasteiger partial charge on any atom is 0.282 e. The number of hydrogen-bond donors (Lipinski definition) is 2. The van der Waals surface area contributed by atoms with Gasteiger partial charge in [0.2, 0.25) is 15.9 Å². The molecule has 6 aromatic rings. The summed E-state index contributed by atoms with van der Waals surface area (Å²) in [5, 5.41) is 8.81. The molecule has 0 spiro atoms. The second kappa shape index (κ2) is 15.9. The van der Waals surface area contributed by atoms with Gasteiger partial charge >= 0.3 is 0 Å². The van der Waals surface area contributed by atoms with Crippen molar-refractivity contribution in [1.82, 2.24) is 34.4 Å². The van der Waals surface area contributed by atoms with Gasteiger partial charge < -0.3 is 5.32 Å². The van der Waals surface area contributed by atoms with E-state index in [4.69, 9.17) is 11.6 Å². The van der Waals surface area contributed by atoms with Crippen molar-refractivity contribution >= 4 is 71.1 Å². The van der Waals surface area contributed by atoms with E-state index in [1.54, 1.807) is 0 Å². The molecule has 0 radical (unpaired) electrons. The van der Waals surface area contributed by atoms with Crippen LogP contribution < -0.4 is 15.6 Å². The first-order valence-electron chi connectivity index (χ1n) is 17.0. The number of rotatable bonds is 14. The normalized spacial score (nSPS) is 14.0. The Morgan fingerprint density at radius 3 is 2.28 bits per heavy atom. The summed E-state index contributed by atoms with van der Waals surface area (Å²) in [7, 11) is -4.06. The van der Waals surface area contributed by atoms with Crippen molar-refractivity contribution in [3.05, 3.63) is 109 Å². The lowest BCUT2D eigenvalue weighted by molar-refractivity contribution is -0.122. The van der Waals surface area contributed by atoms with E-state index in [9.17, 15) is 53.1 Å². The fraction of sp³-hybridized carbons (Fsp3) is 0.286. The molecule has 3 aromatic heterocycles. The van der Waals surface area contributed by atoms with Gasteiger partial charge in [-0.05, 0) is 66.9 Å². The molecule has 1 amide bonds. The molecule has 0 unspecified atom stereocenters. The van der Waals surface area contributed by atoms with E-state index in [1.165, 1.54) is 30.3 Å². The first-order chi connectivity index (χ1) is 27.4. The Hall–Kier alpha value is -5.09. The van der Waals surface area contributed by atoms with Gasteiger partial charge in [-0.15, -0.1) is 0 Å². The van der Waals surface area contributed by atoms with Crippen LogP contribution in [0, 0.1) is 11.6 Å². The van der Waals surface area contributed by atoms with Crippen LogP contribution in [-0.4, -0.2) is 55.1 Å². The van der Waals surface area contributed by atoms with Crippen LogP contribution in [0.15, 0.2) is 63.9 Å². The molecule has 1 saturated carbocycles. The lowest BCUT2D eigenvalue weighted by Gasteiger charge is -2.24. The van der Waals surface area contributed by atoms with Crippen molar-refractivity contribution in [2.75, 3.05) is 4.72 Å². The SMILES string of the molecule is O=C(Cn1nc(C(F)F)cc1C(F)F)N[C@@H](Cc1cc(F)cc(F)c1)c1nc2cc(Br)ccc2c(=O)n1-c1ccc(Cl)c2c(NS(=O)(=O)C3CC3)nn(CC(F)F)c12. The Bertz CT molecular complexity index is 2740. The third-order valence-electron chi connectivity index (χ3n) is 9.01. The van der Waals surface area contributed by atoms with Crippen molar-refractivity contribution < 1.29 is 48.3 Å². The number of hydrogen-bond acceptors (Lipinski definition) is 7. The third-order valence-corrected chi connectivity index (χ3v) is 11.6. The Kier molecular flexibility index (Phi) is 11.3. The minimum atomic E-state index is -4.06. The molecule has 3 heterocycles. The van der Waals surface area contributed by atoms with Crippen LogP contribution in [0.4, 0.5) is 40.9 Å². The summed E-state index contributed by atoms with van der Waals surface area (Å²) in [5.74, 6) is -4.09. The Morgan fingerprint density at radius 1 is 0.931 bits per heavy atom. The summed E-state index contributed by atoms with van der Waals surface area (Å²) in [5.41, 5.74) is -3.64. The molecule has 58 heavy (non-hydrogen) atoms. The molecular formula is C35H26BrClF8N8O4S. The molecule has 0 saturated heterocycles. The van der Waals surface area contributed by atoms with Crippen molar-refractivity contribution in [2.24, 2.45) is 0 Å². The number of alkyl halides is 6.